The van der Waals surface area contributed by atoms with Crippen molar-refractivity contribution in [2.45, 2.75) is 19.0 Å². The van der Waals surface area contributed by atoms with Crippen molar-refractivity contribution in [2.24, 2.45) is 0 Å². The normalized spacial score (nSPS) is 10.8. The van der Waals surface area contributed by atoms with Crippen molar-refractivity contribution in [3.8, 4) is 11.4 Å². The number of aromatic nitrogens is 3. The number of carbonyl (C=O) groups excluding carboxylic acids is 1. The summed E-state index contributed by atoms with van der Waals surface area (Å²) in [5, 5.41) is 8.27. The van der Waals surface area contributed by atoms with Crippen LogP contribution in [0, 0.1) is 13.8 Å². The van der Waals surface area contributed by atoms with Crippen molar-refractivity contribution in [1.82, 2.24) is 15.2 Å². The summed E-state index contributed by atoms with van der Waals surface area (Å²) in [6.07, 6.45) is 0. The number of hydrogen-bond donors (Lipinski definition) is 1. The van der Waals surface area contributed by atoms with Crippen LogP contribution in [0.4, 0.5) is 0 Å². The van der Waals surface area contributed by atoms with Gasteiger partial charge in [-0.2, -0.15) is 0 Å². The standard InChI is InChI=1S/C18H16ClN3OS/c1-11-3-4-14(9-12(11)2)16(23)10-24-18-20-17(21-22-18)13-5-7-15(19)8-6-13/h3-9H,10H2,1-2H3,(H,20,21,22). The topological polar surface area (TPSA) is 58.6 Å². The van der Waals surface area contributed by atoms with Crippen LogP contribution in [0.5, 0.6) is 0 Å². The number of aryl methyl sites for hydroxylation is 2. The summed E-state index contributed by atoms with van der Waals surface area (Å²) in [5.74, 6) is 1.04. The molecule has 0 saturated carbocycles. The Hall–Kier alpha value is -2.11. The molecule has 3 rings (SSSR count). The molecule has 1 heterocycles. The van der Waals surface area contributed by atoms with E-state index in [1.165, 1.54) is 17.3 Å². The second kappa shape index (κ2) is 7.20. The third kappa shape index (κ3) is 3.86. The molecule has 6 heteroatoms. The van der Waals surface area contributed by atoms with Crippen LogP contribution in [0.1, 0.15) is 21.5 Å². The third-order valence-corrected chi connectivity index (χ3v) is 4.84. The van der Waals surface area contributed by atoms with Crippen molar-refractivity contribution >= 4 is 29.1 Å². The summed E-state index contributed by atoms with van der Waals surface area (Å²) in [4.78, 5) is 16.7. The van der Waals surface area contributed by atoms with Gasteiger partial charge in [0, 0.05) is 16.1 Å². The van der Waals surface area contributed by atoms with Crippen LogP contribution in [0.25, 0.3) is 11.4 Å². The lowest BCUT2D eigenvalue weighted by Gasteiger charge is -2.03. The molecule has 0 amide bonds. The lowest BCUT2D eigenvalue weighted by atomic mass is 10.0. The summed E-state index contributed by atoms with van der Waals surface area (Å²) >= 11 is 7.20. The lowest BCUT2D eigenvalue weighted by Crippen LogP contribution is -2.03. The minimum absolute atomic E-state index is 0.0703. The summed E-state index contributed by atoms with van der Waals surface area (Å²) in [7, 11) is 0. The fourth-order valence-corrected chi connectivity index (χ4v) is 2.99. The van der Waals surface area contributed by atoms with Gasteiger partial charge in [-0.05, 0) is 55.3 Å². The first-order valence-electron chi connectivity index (χ1n) is 7.44. The number of thioether (sulfide) groups is 1. The first kappa shape index (κ1) is 16.7. The Morgan fingerprint density at radius 3 is 2.58 bits per heavy atom. The first-order valence-corrected chi connectivity index (χ1v) is 8.81. The molecule has 3 aromatic rings. The van der Waals surface area contributed by atoms with Crippen molar-refractivity contribution < 1.29 is 4.79 Å². The first-order chi connectivity index (χ1) is 11.5. The summed E-state index contributed by atoms with van der Waals surface area (Å²) in [6, 6.07) is 13.1. The molecule has 0 atom stereocenters. The van der Waals surface area contributed by atoms with E-state index < -0.39 is 0 Å². The van der Waals surface area contributed by atoms with Gasteiger partial charge in [-0.3, -0.25) is 9.89 Å². The Morgan fingerprint density at radius 1 is 1.12 bits per heavy atom. The zero-order chi connectivity index (χ0) is 17.1. The number of benzene rings is 2. The molecule has 0 unspecified atom stereocenters. The maximum absolute atomic E-state index is 12.3. The smallest absolute Gasteiger partial charge is 0.209 e. The molecule has 0 aliphatic heterocycles. The van der Waals surface area contributed by atoms with E-state index in [9.17, 15) is 4.79 Å². The van der Waals surface area contributed by atoms with E-state index in [1.54, 1.807) is 12.1 Å². The number of nitrogens with one attached hydrogen (secondary N) is 1. The Morgan fingerprint density at radius 2 is 1.88 bits per heavy atom. The third-order valence-electron chi connectivity index (χ3n) is 3.74. The Labute approximate surface area is 149 Å². The molecule has 0 saturated heterocycles. The molecular formula is C18H16ClN3OS. The van der Waals surface area contributed by atoms with Gasteiger partial charge in [0.25, 0.3) is 0 Å². The van der Waals surface area contributed by atoms with E-state index in [4.69, 9.17) is 11.6 Å². The highest BCUT2D eigenvalue weighted by molar-refractivity contribution is 7.99. The second-order valence-electron chi connectivity index (χ2n) is 5.48. The van der Waals surface area contributed by atoms with Crippen molar-refractivity contribution in [3.05, 3.63) is 64.2 Å². The number of halogens is 1. The summed E-state index contributed by atoms with van der Waals surface area (Å²) in [5.41, 5.74) is 3.92. The molecule has 0 radical (unpaired) electrons. The number of rotatable bonds is 5. The minimum Gasteiger partial charge on any atom is -0.293 e. The maximum Gasteiger partial charge on any atom is 0.209 e. The van der Waals surface area contributed by atoms with Crippen LogP contribution in [0.2, 0.25) is 5.02 Å². The van der Waals surface area contributed by atoms with Crippen LogP contribution >= 0.6 is 23.4 Å². The number of H-pyrrole nitrogens is 1. The molecule has 122 valence electrons. The number of nitrogens with zero attached hydrogens (tertiary/aromatic N) is 2. The van der Waals surface area contributed by atoms with Crippen molar-refractivity contribution in [2.75, 3.05) is 5.75 Å². The second-order valence-corrected chi connectivity index (χ2v) is 6.86. The molecular weight excluding hydrogens is 342 g/mol. The van der Waals surface area contributed by atoms with E-state index in [0.717, 1.165) is 16.7 Å². The molecule has 24 heavy (non-hydrogen) atoms. The highest BCUT2D eigenvalue weighted by atomic mass is 35.5. The fourth-order valence-electron chi connectivity index (χ4n) is 2.18. The van der Waals surface area contributed by atoms with E-state index in [0.29, 0.717) is 21.8 Å². The number of ketones is 1. The molecule has 2 aromatic carbocycles. The number of hydrogen-bond acceptors (Lipinski definition) is 4. The van der Waals surface area contributed by atoms with Gasteiger partial charge in [0.2, 0.25) is 5.16 Å². The zero-order valence-corrected chi connectivity index (χ0v) is 14.9. The van der Waals surface area contributed by atoms with Gasteiger partial charge in [-0.15, -0.1) is 5.10 Å². The lowest BCUT2D eigenvalue weighted by molar-refractivity contribution is 0.102. The molecule has 0 spiro atoms. The summed E-state index contributed by atoms with van der Waals surface area (Å²) < 4.78 is 0. The number of Topliss-reactive ketones (excluding diaryl/α,β-unsaturated/α-hetero) is 1. The minimum atomic E-state index is 0.0703. The van der Waals surface area contributed by atoms with E-state index in [1.807, 2.05) is 44.2 Å². The average Bonchev–Trinajstić information content (AvgIpc) is 3.05. The van der Waals surface area contributed by atoms with Gasteiger partial charge in [-0.1, -0.05) is 35.5 Å². The van der Waals surface area contributed by atoms with Gasteiger partial charge in [0.15, 0.2) is 11.6 Å². The largest absolute Gasteiger partial charge is 0.293 e. The maximum atomic E-state index is 12.3. The Balaban J connectivity index is 1.65. The average molecular weight is 358 g/mol. The quantitative estimate of drug-likeness (QED) is 0.530. The highest BCUT2D eigenvalue weighted by Crippen LogP contribution is 2.22. The monoisotopic (exact) mass is 357 g/mol. The molecule has 4 nitrogen and oxygen atoms in total. The van der Waals surface area contributed by atoms with Crippen LogP contribution in [0.3, 0.4) is 0 Å². The van der Waals surface area contributed by atoms with Crippen molar-refractivity contribution in [3.63, 3.8) is 0 Å². The fraction of sp³-hybridized carbons (Fsp3) is 0.167. The van der Waals surface area contributed by atoms with Crippen LogP contribution in [0.15, 0.2) is 47.6 Å². The van der Waals surface area contributed by atoms with Crippen LogP contribution in [-0.2, 0) is 0 Å². The zero-order valence-electron chi connectivity index (χ0n) is 13.3. The molecule has 1 N–H and O–H groups in total. The number of carbonyl (C=O) groups is 1. The molecule has 0 bridgehead atoms. The van der Waals surface area contributed by atoms with Gasteiger partial charge in [0.05, 0.1) is 5.75 Å². The van der Waals surface area contributed by atoms with Gasteiger partial charge < -0.3 is 0 Å². The molecule has 0 aliphatic carbocycles. The SMILES string of the molecule is Cc1ccc(C(=O)CSc2n[nH]c(-c3ccc(Cl)cc3)n2)cc1C. The van der Waals surface area contributed by atoms with E-state index in [-0.39, 0.29) is 5.78 Å². The van der Waals surface area contributed by atoms with Crippen LogP contribution in [-0.4, -0.2) is 26.7 Å². The van der Waals surface area contributed by atoms with Gasteiger partial charge >= 0.3 is 0 Å². The van der Waals surface area contributed by atoms with E-state index >= 15 is 0 Å². The van der Waals surface area contributed by atoms with Gasteiger partial charge in [0.1, 0.15) is 0 Å². The molecule has 0 aliphatic rings. The predicted octanol–water partition coefficient (Wildman–Crippen LogP) is 4.72. The summed E-state index contributed by atoms with van der Waals surface area (Å²) in [6.45, 7) is 4.04. The van der Waals surface area contributed by atoms with Gasteiger partial charge in [-0.25, -0.2) is 4.98 Å². The Kier molecular flexibility index (Phi) is 5.02. The molecule has 0 fully saturated rings. The molecule has 1 aromatic heterocycles. The predicted molar refractivity (Wildman–Crippen MR) is 97.8 cm³/mol. The van der Waals surface area contributed by atoms with E-state index in [2.05, 4.69) is 15.2 Å². The Bertz CT molecular complexity index is 874. The van der Waals surface area contributed by atoms with Crippen molar-refractivity contribution in [1.29, 1.82) is 0 Å². The van der Waals surface area contributed by atoms with Crippen LogP contribution < -0.4 is 0 Å². The highest BCUT2D eigenvalue weighted by Gasteiger charge is 2.11. The number of aromatic amines is 1.